The fourth-order valence-corrected chi connectivity index (χ4v) is 3.32. The molecule has 0 amide bonds. The molecule has 2 rings (SSSR count). The van der Waals surface area contributed by atoms with Gasteiger partial charge in [-0.25, -0.2) is 0 Å². The summed E-state index contributed by atoms with van der Waals surface area (Å²) < 4.78 is 0. The lowest BCUT2D eigenvalue weighted by atomic mass is 9.81. The second-order valence-corrected chi connectivity index (χ2v) is 7.10. The van der Waals surface area contributed by atoms with Gasteiger partial charge in [0.2, 0.25) is 0 Å². The molecule has 0 spiro atoms. The number of oxime groups is 1. The summed E-state index contributed by atoms with van der Waals surface area (Å²) in [7, 11) is 0. The molecule has 0 bridgehead atoms. The third kappa shape index (κ3) is 3.44. The number of hydrogen-bond acceptors (Lipinski definition) is 4. The van der Waals surface area contributed by atoms with Crippen molar-refractivity contribution in [2.24, 2.45) is 5.16 Å². The molecule has 4 heteroatoms. The van der Waals surface area contributed by atoms with E-state index in [0.717, 1.165) is 11.3 Å². The van der Waals surface area contributed by atoms with E-state index in [2.05, 4.69) is 57.0 Å². The second-order valence-electron chi connectivity index (χ2n) is 7.10. The summed E-state index contributed by atoms with van der Waals surface area (Å²) in [6, 6.07) is 10.2. The molecule has 1 aliphatic heterocycles. The van der Waals surface area contributed by atoms with Crippen LogP contribution in [0.2, 0.25) is 0 Å². The molecule has 1 N–H and O–H groups in total. The SMILES string of the molecule is CC(ON1C(C)(C)CC(=NO)CC1(C)C)c1ccccc1. The van der Waals surface area contributed by atoms with Gasteiger partial charge in [-0.15, -0.1) is 0 Å². The Morgan fingerprint density at radius 1 is 1.10 bits per heavy atom. The van der Waals surface area contributed by atoms with Gasteiger partial charge in [0.1, 0.15) is 6.10 Å². The van der Waals surface area contributed by atoms with Crippen LogP contribution in [0.1, 0.15) is 59.1 Å². The van der Waals surface area contributed by atoms with Crippen LogP contribution in [-0.2, 0) is 4.84 Å². The van der Waals surface area contributed by atoms with Crippen LogP contribution in [-0.4, -0.2) is 27.1 Å². The summed E-state index contributed by atoms with van der Waals surface area (Å²) in [5.74, 6) is 0. The molecule has 1 aromatic carbocycles. The molecule has 0 radical (unpaired) electrons. The first-order valence-corrected chi connectivity index (χ1v) is 7.48. The molecule has 4 nitrogen and oxygen atoms in total. The van der Waals surface area contributed by atoms with Crippen molar-refractivity contribution in [3.8, 4) is 0 Å². The maximum atomic E-state index is 9.13. The Morgan fingerprint density at radius 3 is 2.10 bits per heavy atom. The van der Waals surface area contributed by atoms with Crippen molar-refractivity contribution < 1.29 is 10.0 Å². The quantitative estimate of drug-likeness (QED) is 0.671. The van der Waals surface area contributed by atoms with E-state index >= 15 is 0 Å². The minimum atomic E-state index is -0.216. The normalized spacial score (nSPS) is 22.8. The van der Waals surface area contributed by atoms with Gasteiger partial charge in [-0.3, -0.25) is 4.84 Å². The molecule has 1 unspecified atom stereocenters. The van der Waals surface area contributed by atoms with Crippen LogP contribution in [0.3, 0.4) is 0 Å². The molecule has 0 aliphatic carbocycles. The van der Waals surface area contributed by atoms with Gasteiger partial charge in [0, 0.05) is 23.9 Å². The molecule has 1 atom stereocenters. The fraction of sp³-hybridized carbons (Fsp3) is 0.588. The Morgan fingerprint density at radius 2 is 1.62 bits per heavy atom. The van der Waals surface area contributed by atoms with Crippen LogP contribution < -0.4 is 0 Å². The molecule has 21 heavy (non-hydrogen) atoms. The molecular formula is C17H26N2O2. The first kappa shape index (κ1) is 16.0. The van der Waals surface area contributed by atoms with Crippen LogP contribution in [0.5, 0.6) is 0 Å². The highest BCUT2D eigenvalue weighted by Gasteiger charge is 2.46. The van der Waals surface area contributed by atoms with Gasteiger partial charge >= 0.3 is 0 Å². The minimum absolute atomic E-state index is 0.0163. The maximum absolute atomic E-state index is 9.13. The van der Waals surface area contributed by atoms with Crippen LogP contribution in [0.4, 0.5) is 0 Å². The third-order valence-electron chi connectivity index (χ3n) is 4.05. The van der Waals surface area contributed by atoms with E-state index in [9.17, 15) is 0 Å². The molecule has 0 saturated carbocycles. The predicted molar refractivity (Wildman–Crippen MR) is 84.4 cm³/mol. The van der Waals surface area contributed by atoms with E-state index in [-0.39, 0.29) is 17.2 Å². The number of hydroxylamine groups is 2. The molecule has 1 heterocycles. The summed E-state index contributed by atoms with van der Waals surface area (Å²) in [4.78, 5) is 6.30. The van der Waals surface area contributed by atoms with Crippen LogP contribution in [0.25, 0.3) is 0 Å². The average molecular weight is 290 g/mol. The number of benzene rings is 1. The molecule has 0 aromatic heterocycles. The van der Waals surface area contributed by atoms with Crippen LogP contribution >= 0.6 is 0 Å². The molecule has 1 saturated heterocycles. The Kier molecular flexibility index (Phi) is 4.40. The first-order valence-electron chi connectivity index (χ1n) is 7.48. The van der Waals surface area contributed by atoms with E-state index in [4.69, 9.17) is 10.0 Å². The lowest BCUT2D eigenvalue weighted by Gasteiger charge is -2.52. The summed E-state index contributed by atoms with van der Waals surface area (Å²) in [6.45, 7) is 10.6. The predicted octanol–water partition coefficient (Wildman–Crippen LogP) is 4.16. The van der Waals surface area contributed by atoms with Crippen molar-refractivity contribution >= 4 is 5.71 Å². The highest BCUT2D eigenvalue weighted by Crippen LogP contribution is 2.39. The minimum Gasteiger partial charge on any atom is -0.411 e. The average Bonchev–Trinajstić information content (AvgIpc) is 2.42. The molecule has 1 fully saturated rings. The van der Waals surface area contributed by atoms with Gasteiger partial charge in [0.25, 0.3) is 0 Å². The second kappa shape index (κ2) is 5.78. The van der Waals surface area contributed by atoms with Crippen molar-refractivity contribution in [3.05, 3.63) is 35.9 Å². The van der Waals surface area contributed by atoms with Crippen molar-refractivity contribution in [2.45, 2.75) is 64.6 Å². The van der Waals surface area contributed by atoms with Gasteiger partial charge in [0.15, 0.2) is 0 Å². The van der Waals surface area contributed by atoms with Crippen molar-refractivity contribution in [2.75, 3.05) is 0 Å². The topological polar surface area (TPSA) is 45.1 Å². The number of rotatable bonds is 3. The molecule has 1 aromatic rings. The van der Waals surface area contributed by atoms with Gasteiger partial charge < -0.3 is 5.21 Å². The van der Waals surface area contributed by atoms with Gasteiger partial charge in [-0.1, -0.05) is 35.5 Å². The highest BCUT2D eigenvalue weighted by atomic mass is 16.7. The lowest BCUT2D eigenvalue weighted by molar-refractivity contribution is -0.293. The molecular weight excluding hydrogens is 264 g/mol. The zero-order chi connectivity index (χ0) is 15.7. The summed E-state index contributed by atoms with van der Waals surface area (Å²) in [5.41, 5.74) is 1.56. The number of piperidine rings is 1. The van der Waals surface area contributed by atoms with E-state index in [1.165, 1.54) is 0 Å². The summed E-state index contributed by atoms with van der Waals surface area (Å²) in [6.07, 6.45) is 1.39. The largest absolute Gasteiger partial charge is 0.411 e. The molecule has 116 valence electrons. The number of nitrogens with zero attached hydrogens (tertiary/aromatic N) is 2. The van der Waals surface area contributed by atoms with Gasteiger partial charge in [-0.05, 0) is 40.2 Å². The lowest BCUT2D eigenvalue weighted by Crippen LogP contribution is -2.60. The Bertz CT molecular complexity index is 489. The van der Waals surface area contributed by atoms with Crippen LogP contribution in [0.15, 0.2) is 35.5 Å². The smallest absolute Gasteiger partial charge is 0.102 e. The summed E-state index contributed by atoms with van der Waals surface area (Å²) in [5, 5.41) is 14.7. The monoisotopic (exact) mass is 290 g/mol. The van der Waals surface area contributed by atoms with E-state index in [1.54, 1.807) is 0 Å². The van der Waals surface area contributed by atoms with Crippen molar-refractivity contribution in [1.29, 1.82) is 0 Å². The van der Waals surface area contributed by atoms with E-state index in [1.807, 2.05) is 18.2 Å². The standard InChI is InChI=1S/C17H26N2O2/c1-13(14-9-7-6-8-10-14)21-19-16(2,3)11-15(18-20)12-17(19,4)5/h6-10,13,20H,11-12H2,1-5H3. The van der Waals surface area contributed by atoms with E-state index < -0.39 is 0 Å². The highest BCUT2D eigenvalue weighted by molar-refractivity contribution is 5.86. The zero-order valence-electron chi connectivity index (χ0n) is 13.6. The Balaban J connectivity index is 2.21. The Hall–Kier alpha value is -1.39. The number of hydrogen-bond donors (Lipinski definition) is 1. The zero-order valence-corrected chi connectivity index (χ0v) is 13.6. The first-order chi connectivity index (χ1) is 9.76. The van der Waals surface area contributed by atoms with Crippen molar-refractivity contribution in [3.63, 3.8) is 0 Å². The molecule has 1 aliphatic rings. The maximum Gasteiger partial charge on any atom is 0.102 e. The van der Waals surface area contributed by atoms with Crippen LogP contribution in [0, 0.1) is 0 Å². The van der Waals surface area contributed by atoms with Crippen molar-refractivity contribution in [1.82, 2.24) is 5.06 Å². The summed E-state index contributed by atoms with van der Waals surface area (Å²) >= 11 is 0. The fourth-order valence-electron chi connectivity index (χ4n) is 3.32. The van der Waals surface area contributed by atoms with E-state index in [0.29, 0.717) is 12.8 Å². The van der Waals surface area contributed by atoms with Gasteiger partial charge in [-0.2, -0.15) is 5.06 Å². The third-order valence-corrected chi connectivity index (χ3v) is 4.05. The Labute approximate surface area is 127 Å². The van der Waals surface area contributed by atoms with Gasteiger partial charge in [0.05, 0.1) is 5.71 Å².